The van der Waals surface area contributed by atoms with Crippen LogP contribution >= 0.6 is 0 Å². The van der Waals surface area contributed by atoms with Crippen molar-refractivity contribution in [2.45, 2.75) is 6.92 Å². The number of rotatable bonds is 0. The van der Waals surface area contributed by atoms with Crippen LogP contribution in [0.2, 0.25) is 0 Å². The molecule has 1 heteroatoms. The summed E-state index contributed by atoms with van der Waals surface area (Å²) in [4.78, 5) is 10.9. The van der Waals surface area contributed by atoms with E-state index in [1.165, 1.54) is 0 Å². The predicted octanol–water partition coefficient (Wildman–Crippen LogP) is 1.63. The van der Waals surface area contributed by atoms with E-state index in [1.807, 2.05) is 30.3 Å². The van der Waals surface area contributed by atoms with Gasteiger partial charge in [-0.15, -0.1) is 0 Å². The molecule has 1 aromatic carbocycles. The van der Waals surface area contributed by atoms with Crippen molar-refractivity contribution >= 4 is 5.78 Å². The molecule has 0 aliphatic rings. The average Bonchev–Trinajstić information content (AvgIpc) is 2.17. The van der Waals surface area contributed by atoms with Crippen LogP contribution in [0.4, 0.5) is 0 Å². The Bertz CT molecular complexity index is 407. The second-order valence-corrected chi connectivity index (χ2v) is 2.32. The summed E-state index contributed by atoms with van der Waals surface area (Å²) >= 11 is 0. The third kappa shape index (κ3) is 3.27. The van der Waals surface area contributed by atoms with Crippen LogP contribution in [0.25, 0.3) is 0 Å². The van der Waals surface area contributed by atoms with Gasteiger partial charge >= 0.3 is 0 Å². The lowest BCUT2D eigenvalue weighted by Crippen LogP contribution is -1.85. The van der Waals surface area contributed by atoms with Crippen molar-refractivity contribution in [3.8, 4) is 23.7 Å². The van der Waals surface area contributed by atoms with Gasteiger partial charge in [0.1, 0.15) is 0 Å². The molecule has 1 rings (SSSR count). The van der Waals surface area contributed by atoms with E-state index in [9.17, 15) is 4.79 Å². The van der Waals surface area contributed by atoms with Crippen molar-refractivity contribution in [2.24, 2.45) is 0 Å². The SMILES string of the molecule is CC#CC(=O)C#Cc1ccccc1. The Kier molecular flexibility index (Phi) is 3.36. The molecule has 0 bridgehead atoms. The lowest BCUT2D eigenvalue weighted by molar-refractivity contribution is -0.108. The number of hydrogen-bond acceptors (Lipinski definition) is 1. The third-order valence-electron chi connectivity index (χ3n) is 1.33. The smallest absolute Gasteiger partial charge is 0.270 e. The zero-order valence-corrected chi connectivity index (χ0v) is 7.29. The second-order valence-electron chi connectivity index (χ2n) is 2.32. The largest absolute Gasteiger partial charge is 0.279 e. The zero-order chi connectivity index (χ0) is 9.52. The minimum absolute atomic E-state index is 0.341. The lowest BCUT2D eigenvalue weighted by Gasteiger charge is -1.84. The van der Waals surface area contributed by atoms with E-state index < -0.39 is 0 Å². The van der Waals surface area contributed by atoms with E-state index in [0.29, 0.717) is 0 Å². The van der Waals surface area contributed by atoms with Crippen LogP contribution in [-0.2, 0) is 4.79 Å². The Morgan fingerprint density at radius 1 is 1.15 bits per heavy atom. The molecule has 0 aliphatic heterocycles. The van der Waals surface area contributed by atoms with Gasteiger partial charge in [0.25, 0.3) is 5.78 Å². The number of benzene rings is 1. The van der Waals surface area contributed by atoms with Crippen molar-refractivity contribution in [3.05, 3.63) is 35.9 Å². The summed E-state index contributed by atoms with van der Waals surface area (Å²) in [5.74, 6) is 9.68. The average molecular weight is 168 g/mol. The molecule has 1 aromatic rings. The Hall–Kier alpha value is -1.99. The first-order valence-electron chi connectivity index (χ1n) is 3.86. The summed E-state index contributed by atoms with van der Waals surface area (Å²) in [7, 11) is 0. The fraction of sp³-hybridized carbons (Fsp3) is 0.0833. The maximum Gasteiger partial charge on any atom is 0.279 e. The number of Topliss-reactive ketones (excluding diaryl/α,β-unsaturated/α-hetero) is 1. The van der Waals surface area contributed by atoms with Crippen LogP contribution in [0.1, 0.15) is 12.5 Å². The number of ketones is 1. The molecule has 1 nitrogen and oxygen atoms in total. The molecule has 0 saturated heterocycles. The zero-order valence-electron chi connectivity index (χ0n) is 7.29. The number of carbonyl (C=O) groups excluding carboxylic acids is 1. The van der Waals surface area contributed by atoms with E-state index in [2.05, 4.69) is 23.7 Å². The molecule has 0 saturated carbocycles. The van der Waals surface area contributed by atoms with Crippen molar-refractivity contribution in [1.82, 2.24) is 0 Å². The van der Waals surface area contributed by atoms with Gasteiger partial charge < -0.3 is 0 Å². The molecule has 13 heavy (non-hydrogen) atoms. The van der Waals surface area contributed by atoms with Crippen LogP contribution in [0.3, 0.4) is 0 Å². The van der Waals surface area contributed by atoms with E-state index in [4.69, 9.17) is 0 Å². The minimum Gasteiger partial charge on any atom is -0.270 e. The molecule has 0 heterocycles. The molecule has 0 N–H and O–H groups in total. The summed E-state index contributed by atoms with van der Waals surface area (Å²) in [5.41, 5.74) is 0.828. The van der Waals surface area contributed by atoms with Gasteiger partial charge in [0, 0.05) is 5.56 Å². The van der Waals surface area contributed by atoms with E-state index in [1.54, 1.807) is 6.92 Å². The molecule has 0 amide bonds. The lowest BCUT2D eigenvalue weighted by atomic mass is 10.2. The number of carbonyl (C=O) groups is 1. The Labute approximate surface area is 77.8 Å². The summed E-state index contributed by atoms with van der Waals surface area (Å²) < 4.78 is 0. The number of hydrogen-bond donors (Lipinski definition) is 0. The molecule has 62 valence electrons. The van der Waals surface area contributed by atoms with Crippen LogP contribution < -0.4 is 0 Å². The Morgan fingerprint density at radius 2 is 1.85 bits per heavy atom. The maximum absolute atomic E-state index is 10.9. The fourth-order valence-corrected chi connectivity index (χ4v) is 0.795. The van der Waals surface area contributed by atoms with Crippen molar-refractivity contribution < 1.29 is 4.79 Å². The van der Waals surface area contributed by atoms with Crippen molar-refractivity contribution in [1.29, 1.82) is 0 Å². The van der Waals surface area contributed by atoms with E-state index in [-0.39, 0.29) is 5.78 Å². The molecule has 0 spiro atoms. The molecule has 0 fully saturated rings. The second kappa shape index (κ2) is 4.80. The predicted molar refractivity (Wildman–Crippen MR) is 51.8 cm³/mol. The van der Waals surface area contributed by atoms with Gasteiger partial charge in [-0.2, -0.15) is 0 Å². The van der Waals surface area contributed by atoms with Gasteiger partial charge in [0.2, 0.25) is 0 Å². The molecular weight excluding hydrogens is 160 g/mol. The van der Waals surface area contributed by atoms with Crippen LogP contribution in [0.15, 0.2) is 30.3 Å². The summed E-state index contributed by atoms with van der Waals surface area (Å²) in [6, 6.07) is 9.35. The third-order valence-corrected chi connectivity index (χ3v) is 1.33. The molecule has 0 unspecified atom stereocenters. The molecule has 0 radical (unpaired) electrons. The summed E-state index contributed by atoms with van der Waals surface area (Å²) in [6.45, 7) is 1.61. The normalized spacial score (nSPS) is 7.46. The van der Waals surface area contributed by atoms with E-state index >= 15 is 0 Å². The standard InChI is InChI=1S/C12H8O/c1-2-6-12(13)10-9-11-7-4-3-5-8-11/h3-5,7-8H,1H3. The Balaban J connectivity index is 2.77. The highest BCUT2D eigenvalue weighted by Gasteiger charge is 1.86. The summed E-state index contributed by atoms with van der Waals surface area (Å²) in [5, 5.41) is 0. The van der Waals surface area contributed by atoms with Gasteiger partial charge in [-0.3, -0.25) is 4.79 Å². The van der Waals surface area contributed by atoms with E-state index in [0.717, 1.165) is 5.56 Å². The highest BCUT2D eigenvalue weighted by Crippen LogP contribution is 1.94. The van der Waals surface area contributed by atoms with Gasteiger partial charge in [0.15, 0.2) is 0 Å². The topological polar surface area (TPSA) is 17.1 Å². The first-order chi connectivity index (χ1) is 6.33. The van der Waals surface area contributed by atoms with Crippen LogP contribution in [-0.4, -0.2) is 5.78 Å². The van der Waals surface area contributed by atoms with Gasteiger partial charge in [-0.05, 0) is 30.9 Å². The molecular formula is C12H8O. The highest BCUT2D eigenvalue weighted by atomic mass is 16.1. The van der Waals surface area contributed by atoms with Crippen molar-refractivity contribution in [2.75, 3.05) is 0 Å². The summed E-state index contributed by atoms with van der Waals surface area (Å²) in [6.07, 6.45) is 0. The minimum atomic E-state index is -0.341. The maximum atomic E-state index is 10.9. The monoisotopic (exact) mass is 168 g/mol. The molecule has 0 aliphatic carbocycles. The van der Waals surface area contributed by atoms with Gasteiger partial charge in [-0.25, -0.2) is 0 Å². The fourth-order valence-electron chi connectivity index (χ4n) is 0.795. The van der Waals surface area contributed by atoms with Crippen LogP contribution in [0.5, 0.6) is 0 Å². The first kappa shape index (κ1) is 9.10. The van der Waals surface area contributed by atoms with Gasteiger partial charge in [0.05, 0.1) is 0 Å². The highest BCUT2D eigenvalue weighted by molar-refractivity contribution is 6.09. The van der Waals surface area contributed by atoms with Gasteiger partial charge in [-0.1, -0.05) is 30.0 Å². The first-order valence-corrected chi connectivity index (χ1v) is 3.86. The Morgan fingerprint density at radius 3 is 2.46 bits per heavy atom. The van der Waals surface area contributed by atoms with Crippen LogP contribution in [0, 0.1) is 23.7 Å². The van der Waals surface area contributed by atoms with Crippen molar-refractivity contribution in [3.63, 3.8) is 0 Å². The quantitative estimate of drug-likeness (QED) is 0.425. The molecule has 0 atom stereocenters. The molecule has 0 aromatic heterocycles.